The largest absolute Gasteiger partial charge is 0.507 e. The van der Waals surface area contributed by atoms with E-state index in [0.717, 1.165) is 90.0 Å². The first-order valence-corrected chi connectivity index (χ1v) is 24.2. The highest BCUT2D eigenvalue weighted by Gasteiger charge is 2.29. The zero-order valence-electron chi connectivity index (χ0n) is 41.7. The van der Waals surface area contributed by atoms with E-state index in [2.05, 4.69) is 245 Å². The Morgan fingerprint density at radius 1 is 0.485 bits per heavy atom. The van der Waals surface area contributed by atoms with E-state index in [0.29, 0.717) is 17.3 Å². The lowest BCUT2D eigenvalue weighted by Crippen LogP contribution is -2.17. The summed E-state index contributed by atoms with van der Waals surface area (Å²) < 4.78 is 2.30. The Morgan fingerprint density at radius 3 is 1.76 bits per heavy atom. The molecule has 0 aliphatic rings. The highest BCUT2D eigenvalue weighted by atomic mass is 16.3. The standard InChI is InChI=1S/C64H65N3O/c1-41(2)33-42-25-30-57(53(34-42)45-21-16-13-17-22-45)67-58-24-18-23-52(59(58)66-61(67)54-39-51(63(6,7)8)40-55(60(54)68)64(9,10)11)48-35-47(43-19-14-12-15-20-43)36-49(37-48)56-38-46(31-32-65-56)44-26-28-50(29-27-44)62(3,4)5/h12-32,34-41,68H,33H2,1-11H3. The van der Waals surface area contributed by atoms with Crippen LogP contribution in [-0.4, -0.2) is 19.6 Å². The van der Waals surface area contributed by atoms with Crippen LogP contribution in [0.15, 0.2) is 170 Å². The van der Waals surface area contributed by atoms with Crippen molar-refractivity contribution in [3.8, 4) is 78.6 Å². The van der Waals surface area contributed by atoms with Crippen LogP contribution in [0.3, 0.4) is 0 Å². The molecule has 0 atom stereocenters. The number of phenolic OH excluding ortho intramolecular Hbond substituents is 1. The minimum atomic E-state index is -0.328. The fourth-order valence-corrected chi connectivity index (χ4v) is 9.45. The lowest BCUT2D eigenvalue weighted by atomic mass is 9.79. The van der Waals surface area contributed by atoms with Crippen molar-refractivity contribution in [1.82, 2.24) is 14.5 Å². The number of pyridine rings is 1. The fraction of sp³-hybridized carbons (Fsp3) is 0.250. The molecule has 342 valence electrons. The molecule has 68 heavy (non-hydrogen) atoms. The number of fused-ring (bicyclic) bond motifs is 1. The predicted octanol–water partition coefficient (Wildman–Crippen LogP) is 17.2. The average molecular weight is 892 g/mol. The Bertz CT molecular complexity index is 3260. The molecule has 1 N–H and O–H groups in total. The van der Waals surface area contributed by atoms with Gasteiger partial charge >= 0.3 is 0 Å². The third-order valence-electron chi connectivity index (χ3n) is 13.2. The van der Waals surface area contributed by atoms with Crippen LogP contribution >= 0.6 is 0 Å². The number of phenols is 1. The second kappa shape index (κ2) is 17.9. The summed E-state index contributed by atoms with van der Waals surface area (Å²) in [6.45, 7) is 24.5. The van der Waals surface area contributed by atoms with Gasteiger partial charge < -0.3 is 5.11 Å². The third-order valence-corrected chi connectivity index (χ3v) is 13.2. The lowest BCUT2D eigenvalue weighted by molar-refractivity contribution is 0.446. The van der Waals surface area contributed by atoms with E-state index in [-0.39, 0.29) is 22.0 Å². The van der Waals surface area contributed by atoms with E-state index < -0.39 is 0 Å². The molecule has 0 saturated carbocycles. The van der Waals surface area contributed by atoms with E-state index in [1.807, 2.05) is 6.20 Å². The summed E-state index contributed by atoms with van der Waals surface area (Å²) in [5.74, 6) is 1.45. The van der Waals surface area contributed by atoms with E-state index >= 15 is 0 Å². The number of aromatic hydroxyl groups is 1. The number of aromatic nitrogens is 3. The first-order chi connectivity index (χ1) is 32.3. The van der Waals surface area contributed by atoms with Gasteiger partial charge in [0.2, 0.25) is 0 Å². The molecule has 7 aromatic carbocycles. The maximum atomic E-state index is 12.6. The van der Waals surface area contributed by atoms with Crippen molar-refractivity contribution in [3.63, 3.8) is 0 Å². The lowest BCUT2D eigenvalue weighted by Gasteiger charge is -2.27. The van der Waals surface area contributed by atoms with Gasteiger partial charge in [0.1, 0.15) is 11.6 Å². The van der Waals surface area contributed by atoms with Crippen molar-refractivity contribution < 1.29 is 5.11 Å². The number of hydrogen-bond acceptors (Lipinski definition) is 3. The van der Waals surface area contributed by atoms with E-state index in [9.17, 15) is 5.11 Å². The molecule has 0 aliphatic carbocycles. The van der Waals surface area contributed by atoms with Crippen LogP contribution in [0.5, 0.6) is 5.75 Å². The summed E-state index contributed by atoms with van der Waals surface area (Å²) >= 11 is 0. The van der Waals surface area contributed by atoms with Crippen LogP contribution in [0.1, 0.15) is 98.4 Å². The Kier molecular flexibility index (Phi) is 12.1. The van der Waals surface area contributed by atoms with E-state index in [1.54, 1.807) is 0 Å². The van der Waals surface area contributed by atoms with Crippen molar-refractivity contribution in [3.05, 3.63) is 192 Å². The Morgan fingerprint density at radius 2 is 1.12 bits per heavy atom. The first kappa shape index (κ1) is 46.1. The second-order valence-corrected chi connectivity index (χ2v) is 22.1. The summed E-state index contributed by atoms with van der Waals surface area (Å²) in [5, 5.41) is 12.6. The van der Waals surface area contributed by atoms with Crippen LogP contribution < -0.4 is 0 Å². The van der Waals surface area contributed by atoms with E-state index in [1.165, 1.54) is 11.1 Å². The summed E-state index contributed by atoms with van der Waals surface area (Å²) in [6.07, 6.45) is 2.89. The van der Waals surface area contributed by atoms with Gasteiger partial charge in [-0.25, -0.2) is 4.98 Å². The first-order valence-electron chi connectivity index (χ1n) is 24.2. The molecule has 4 heteroatoms. The Hall–Kier alpha value is -7.04. The van der Waals surface area contributed by atoms with Gasteiger partial charge in [0.25, 0.3) is 0 Å². The molecule has 9 rings (SSSR count). The minimum Gasteiger partial charge on any atom is -0.507 e. The Labute approximate surface area is 404 Å². The molecule has 4 nitrogen and oxygen atoms in total. The topological polar surface area (TPSA) is 50.9 Å². The number of rotatable bonds is 9. The predicted molar refractivity (Wildman–Crippen MR) is 288 cm³/mol. The summed E-state index contributed by atoms with van der Waals surface area (Å²) in [7, 11) is 0. The van der Waals surface area contributed by atoms with Crippen molar-refractivity contribution >= 4 is 11.0 Å². The average Bonchev–Trinajstić information content (AvgIpc) is 3.70. The minimum absolute atomic E-state index is 0.0736. The number of hydrogen-bond donors (Lipinski definition) is 1. The molecule has 2 heterocycles. The molecular weight excluding hydrogens is 827 g/mol. The number of para-hydroxylation sites is 1. The molecule has 0 aliphatic heterocycles. The van der Waals surface area contributed by atoms with Crippen LogP contribution in [-0.2, 0) is 22.7 Å². The van der Waals surface area contributed by atoms with Gasteiger partial charge in [-0.2, -0.15) is 0 Å². The SMILES string of the molecule is CC(C)Cc1ccc(-n2c(-c3cc(C(C)(C)C)cc(C(C)(C)C)c3O)nc3c(-c4cc(-c5ccccc5)cc(-c5cc(-c6ccc(C(C)(C)C)cc6)ccn5)c4)cccc32)c(-c2ccccc2)c1. The van der Waals surface area contributed by atoms with Gasteiger partial charge in [0, 0.05) is 28.5 Å². The molecule has 0 spiro atoms. The summed E-state index contributed by atoms with van der Waals surface area (Å²) in [6, 6.07) is 59.1. The summed E-state index contributed by atoms with van der Waals surface area (Å²) in [4.78, 5) is 10.7. The maximum absolute atomic E-state index is 12.6. The molecule has 0 unspecified atom stereocenters. The van der Waals surface area contributed by atoms with Crippen molar-refractivity contribution in [2.45, 2.75) is 98.8 Å². The molecule has 2 aromatic heterocycles. The number of imidazole rings is 1. The van der Waals surface area contributed by atoms with Crippen LogP contribution in [0.25, 0.3) is 83.9 Å². The highest BCUT2D eigenvalue weighted by Crippen LogP contribution is 2.46. The van der Waals surface area contributed by atoms with Gasteiger partial charge in [-0.15, -0.1) is 0 Å². The van der Waals surface area contributed by atoms with Crippen molar-refractivity contribution in [2.24, 2.45) is 5.92 Å². The third kappa shape index (κ3) is 9.30. The van der Waals surface area contributed by atoms with Crippen molar-refractivity contribution in [2.75, 3.05) is 0 Å². The maximum Gasteiger partial charge on any atom is 0.149 e. The van der Waals surface area contributed by atoms with Crippen molar-refractivity contribution in [1.29, 1.82) is 0 Å². The molecule has 0 saturated heterocycles. The molecule has 9 aromatic rings. The normalized spacial score (nSPS) is 12.3. The summed E-state index contributed by atoms with van der Waals surface area (Å²) in [5.41, 5.74) is 18.4. The van der Waals surface area contributed by atoms with Gasteiger partial charge in [-0.05, 0) is 133 Å². The van der Waals surface area contributed by atoms with Gasteiger partial charge in [0.05, 0.1) is 28.0 Å². The number of benzene rings is 7. The Balaban J connectivity index is 1.33. The fourth-order valence-electron chi connectivity index (χ4n) is 9.45. The van der Waals surface area contributed by atoms with Crippen LogP contribution in [0.2, 0.25) is 0 Å². The molecule has 0 amide bonds. The zero-order valence-corrected chi connectivity index (χ0v) is 41.7. The quantitative estimate of drug-likeness (QED) is 0.157. The van der Waals surface area contributed by atoms with Crippen LogP contribution in [0, 0.1) is 5.92 Å². The van der Waals surface area contributed by atoms with Gasteiger partial charge in [-0.3, -0.25) is 9.55 Å². The number of nitrogens with zero attached hydrogens (tertiary/aromatic N) is 3. The highest BCUT2D eigenvalue weighted by molar-refractivity contribution is 5.98. The second-order valence-electron chi connectivity index (χ2n) is 22.1. The van der Waals surface area contributed by atoms with Crippen LogP contribution in [0.4, 0.5) is 0 Å². The smallest absolute Gasteiger partial charge is 0.149 e. The van der Waals surface area contributed by atoms with E-state index in [4.69, 9.17) is 9.97 Å². The van der Waals surface area contributed by atoms with Gasteiger partial charge in [0.15, 0.2) is 0 Å². The molecular formula is C64H65N3O. The molecule has 0 fully saturated rings. The molecule has 0 radical (unpaired) electrons. The molecule has 0 bridgehead atoms. The monoisotopic (exact) mass is 892 g/mol. The zero-order chi connectivity index (χ0) is 48.1. The van der Waals surface area contributed by atoms with Gasteiger partial charge in [-0.1, -0.05) is 185 Å².